The first-order chi connectivity index (χ1) is 10.2. The minimum atomic E-state index is 0.856. The van der Waals surface area contributed by atoms with Crippen molar-refractivity contribution < 1.29 is 14.4 Å². The Hall–Kier alpha value is -1.22. The molecule has 0 aromatic heterocycles. The number of hydrogen-bond donors (Lipinski definition) is 1. The fourth-order valence-corrected chi connectivity index (χ4v) is 4.14. The molecule has 2 aliphatic rings. The summed E-state index contributed by atoms with van der Waals surface area (Å²) >= 11 is 0. The van der Waals surface area contributed by atoms with Gasteiger partial charge in [-0.1, -0.05) is 13.3 Å². The highest BCUT2D eigenvalue weighted by molar-refractivity contribution is 5.47. The predicted molar refractivity (Wildman–Crippen MR) is 84.2 cm³/mol. The van der Waals surface area contributed by atoms with Crippen molar-refractivity contribution in [2.75, 3.05) is 20.8 Å². The van der Waals surface area contributed by atoms with Crippen molar-refractivity contribution in [1.82, 2.24) is 0 Å². The molecule has 116 valence electrons. The van der Waals surface area contributed by atoms with Gasteiger partial charge in [0.25, 0.3) is 0 Å². The van der Waals surface area contributed by atoms with Crippen LogP contribution in [0.15, 0.2) is 12.1 Å². The van der Waals surface area contributed by atoms with Crippen molar-refractivity contribution in [3.63, 3.8) is 0 Å². The average molecular weight is 290 g/mol. The second-order valence-electron chi connectivity index (χ2n) is 6.78. The number of hydrogen-bond acceptors (Lipinski definition) is 2. The van der Waals surface area contributed by atoms with Crippen LogP contribution in [0.4, 0.5) is 0 Å². The Balaban J connectivity index is 1.78. The van der Waals surface area contributed by atoms with E-state index in [4.69, 9.17) is 9.47 Å². The monoisotopic (exact) mass is 290 g/mol. The van der Waals surface area contributed by atoms with Gasteiger partial charge < -0.3 is 14.4 Å². The summed E-state index contributed by atoms with van der Waals surface area (Å²) in [6.07, 6.45) is 6.80. The van der Waals surface area contributed by atoms with Gasteiger partial charge in [0.1, 0.15) is 6.54 Å². The van der Waals surface area contributed by atoms with Crippen molar-refractivity contribution in [3.05, 3.63) is 23.3 Å². The number of methoxy groups -OCH3 is 2. The van der Waals surface area contributed by atoms with E-state index in [1.807, 2.05) is 0 Å². The van der Waals surface area contributed by atoms with Crippen molar-refractivity contribution in [2.45, 2.75) is 51.6 Å². The number of quaternary nitrogens is 1. The van der Waals surface area contributed by atoms with Crippen LogP contribution in [-0.4, -0.2) is 26.8 Å². The average Bonchev–Trinajstić information content (AvgIpc) is 2.53. The molecule has 1 aromatic rings. The lowest BCUT2D eigenvalue weighted by atomic mass is 9.85. The zero-order valence-electron chi connectivity index (χ0n) is 13.6. The van der Waals surface area contributed by atoms with Gasteiger partial charge in [-0.3, -0.25) is 0 Å². The molecule has 3 atom stereocenters. The summed E-state index contributed by atoms with van der Waals surface area (Å²) in [7, 11) is 3.44. The SMILES string of the molecule is COc1cc2c(cc1OC)C[NH+]([C@H]1CCC[C@@H](C)C1)CC2. The normalized spacial score (nSPS) is 28.8. The number of benzene rings is 1. The standard InChI is InChI=1S/C18H27NO2/c1-13-5-4-6-16(9-13)19-8-7-14-10-17(20-2)18(21-3)11-15(14)12-19/h10-11,13,16H,4-9,12H2,1-3H3/p+1/t13-,16+/m1/s1. The molecule has 3 heteroatoms. The smallest absolute Gasteiger partial charge is 0.161 e. The van der Waals surface area contributed by atoms with E-state index < -0.39 is 0 Å². The summed E-state index contributed by atoms with van der Waals surface area (Å²) in [4.78, 5) is 1.78. The molecule has 1 heterocycles. The van der Waals surface area contributed by atoms with Gasteiger partial charge in [0.05, 0.1) is 26.8 Å². The number of ether oxygens (including phenoxy) is 2. The van der Waals surface area contributed by atoms with Crippen molar-refractivity contribution >= 4 is 0 Å². The quantitative estimate of drug-likeness (QED) is 0.922. The van der Waals surface area contributed by atoms with Crippen LogP contribution in [0.2, 0.25) is 0 Å². The Morgan fingerprint density at radius 3 is 2.43 bits per heavy atom. The molecule has 0 amide bonds. The fraction of sp³-hybridized carbons (Fsp3) is 0.667. The lowest BCUT2D eigenvalue weighted by Crippen LogP contribution is -3.15. The molecule has 1 saturated carbocycles. The Kier molecular flexibility index (Phi) is 4.39. The second kappa shape index (κ2) is 6.27. The third-order valence-electron chi connectivity index (χ3n) is 5.35. The highest BCUT2D eigenvalue weighted by Gasteiger charge is 2.31. The van der Waals surface area contributed by atoms with E-state index >= 15 is 0 Å². The molecule has 3 nitrogen and oxygen atoms in total. The van der Waals surface area contributed by atoms with Gasteiger partial charge in [-0.05, 0) is 36.5 Å². The largest absolute Gasteiger partial charge is 0.493 e. The predicted octanol–water partition coefficient (Wildman–Crippen LogP) is 2.22. The molecule has 0 radical (unpaired) electrons. The van der Waals surface area contributed by atoms with Gasteiger partial charge in [-0.25, -0.2) is 0 Å². The number of nitrogens with one attached hydrogen (secondary N) is 1. The van der Waals surface area contributed by atoms with E-state index in [9.17, 15) is 0 Å². The Morgan fingerprint density at radius 1 is 1.05 bits per heavy atom. The first-order valence-corrected chi connectivity index (χ1v) is 8.29. The summed E-state index contributed by atoms with van der Waals surface area (Å²) in [6, 6.07) is 5.23. The van der Waals surface area contributed by atoms with Crippen molar-refractivity contribution in [1.29, 1.82) is 0 Å². The summed E-state index contributed by atoms with van der Waals surface area (Å²) < 4.78 is 10.9. The lowest BCUT2D eigenvalue weighted by Gasteiger charge is -2.36. The van der Waals surface area contributed by atoms with Gasteiger partial charge in [0.2, 0.25) is 0 Å². The molecular weight excluding hydrogens is 262 g/mol. The lowest BCUT2D eigenvalue weighted by molar-refractivity contribution is -0.942. The van der Waals surface area contributed by atoms with E-state index in [1.165, 1.54) is 43.4 Å². The minimum absolute atomic E-state index is 0.856. The Labute approximate surface area is 128 Å². The molecule has 1 aliphatic heterocycles. The summed E-state index contributed by atoms with van der Waals surface area (Å²) in [5.74, 6) is 2.64. The third-order valence-corrected chi connectivity index (χ3v) is 5.35. The summed E-state index contributed by atoms with van der Waals surface area (Å²) in [5, 5.41) is 0. The van der Waals surface area contributed by atoms with Crippen LogP contribution in [0, 0.1) is 5.92 Å². The van der Waals surface area contributed by atoms with Gasteiger partial charge in [-0.15, -0.1) is 0 Å². The van der Waals surface area contributed by atoms with Crippen LogP contribution < -0.4 is 14.4 Å². The maximum Gasteiger partial charge on any atom is 0.161 e. The molecule has 3 rings (SSSR count). The first-order valence-electron chi connectivity index (χ1n) is 8.29. The second-order valence-corrected chi connectivity index (χ2v) is 6.78. The molecule has 0 saturated heterocycles. The van der Waals surface area contributed by atoms with Crippen LogP contribution in [0.3, 0.4) is 0 Å². The van der Waals surface area contributed by atoms with E-state index in [2.05, 4.69) is 19.1 Å². The molecule has 1 unspecified atom stereocenters. The van der Waals surface area contributed by atoms with Crippen molar-refractivity contribution in [3.8, 4) is 11.5 Å². The van der Waals surface area contributed by atoms with Crippen LogP contribution in [0.5, 0.6) is 11.5 Å². The summed E-state index contributed by atoms with van der Waals surface area (Å²) in [6.45, 7) is 4.82. The molecular formula is C18H28NO2+. The topological polar surface area (TPSA) is 22.9 Å². The maximum atomic E-state index is 5.47. The zero-order chi connectivity index (χ0) is 14.8. The Bertz CT molecular complexity index is 500. The fourth-order valence-electron chi connectivity index (χ4n) is 4.14. The number of fused-ring (bicyclic) bond motifs is 1. The highest BCUT2D eigenvalue weighted by atomic mass is 16.5. The van der Waals surface area contributed by atoms with Gasteiger partial charge >= 0.3 is 0 Å². The van der Waals surface area contributed by atoms with Crippen LogP contribution in [-0.2, 0) is 13.0 Å². The maximum absolute atomic E-state index is 5.47. The third kappa shape index (κ3) is 3.03. The molecule has 1 aromatic carbocycles. The molecule has 1 aliphatic carbocycles. The van der Waals surface area contributed by atoms with Crippen LogP contribution in [0.25, 0.3) is 0 Å². The van der Waals surface area contributed by atoms with E-state index in [0.29, 0.717) is 0 Å². The van der Waals surface area contributed by atoms with Gasteiger partial charge in [0, 0.05) is 18.4 Å². The van der Waals surface area contributed by atoms with E-state index in [1.54, 1.807) is 19.1 Å². The van der Waals surface area contributed by atoms with Crippen LogP contribution in [0.1, 0.15) is 43.7 Å². The van der Waals surface area contributed by atoms with E-state index in [-0.39, 0.29) is 0 Å². The Morgan fingerprint density at radius 2 is 1.76 bits per heavy atom. The minimum Gasteiger partial charge on any atom is -0.493 e. The van der Waals surface area contributed by atoms with Gasteiger partial charge in [-0.2, -0.15) is 0 Å². The first kappa shape index (κ1) is 14.7. The number of rotatable bonds is 3. The molecule has 0 spiro atoms. The van der Waals surface area contributed by atoms with E-state index in [0.717, 1.165) is 36.4 Å². The summed E-state index contributed by atoms with van der Waals surface area (Å²) in [5.41, 5.74) is 2.90. The molecule has 0 bridgehead atoms. The highest BCUT2D eigenvalue weighted by Crippen LogP contribution is 2.31. The molecule has 1 N–H and O–H groups in total. The van der Waals surface area contributed by atoms with Crippen molar-refractivity contribution in [2.24, 2.45) is 5.92 Å². The molecule has 21 heavy (non-hydrogen) atoms. The zero-order valence-corrected chi connectivity index (χ0v) is 13.6. The molecule has 1 fully saturated rings. The van der Waals surface area contributed by atoms with Crippen LogP contribution >= 0.6 is 0 Å². The van der Waals surface area contributed by atoms with Gasteiger partial charge in [0.15, 0.2) is 11.5 Å².